The van der Waals surface area contributed by atoms with Gasteiger partial charge in [0.15, 0.2) is 9.84 Å². The van der Waals surface area contributed by atoms with Crippen LogP contribution in [0.5, 0.6) is 0 Å². The highest BCUT2D eigenvalue weighted by atomic mass is 32.2. The molecule has 1 aromatic carbocycles. The molecule has 0 aliphatic carbocycles. The number of carbonyl (C=O) groups excluding carboxylic acids is 1. The first-order valence-electron chi connectivity index (χ1n) is 7.11. The van der Waals surface area contributed by atoms with Gasteiger partial charge in [-0.25, -0.2) is 8.42 Å². The van der Waals surface area contributed by atoms with Crippen LogP contribution in [0.2, 0.25) is 0 Å². The lowest BCUT2D eigenvalue weighted by molar-refractivity contribution is -0.116. The molecular formula is C15H24N2O3S. The monoisotopic (exact) mass is 312 g/mol. The maximum absolute atomic E-state index is 11.7. The molecule has 21 heavy (non-hydrogen) atoms. The number of carbonyl (C=O) groups is 1. The quantitative estimate of drug-likeness (QED) is 0.767. The number of anilines is 1. The lowest BCUT2D eigenvalue weighted by Gasteiger charge is -2.08. The van der Waals surface area contributed by atoms with Crippen LogP contribution >= 0.6 is 0 Å². The van der Waals surface area contributed by atoms with Crippen molar-refractivity contribution in [2.75, 3.05) is 16.8 Å². The van der Waals surface area contributed by atoms with Crippen LogP contribution in [0.4, 0.5) is 5.69 Å². The van der Waals surface area contributed by atoms with Crippen LogP contribution in [0.1, 0.15) is 32.3 Å². The normalized spacial score (nSPS) is 11.6. The predicted molar refractivity (Wildman–Crippen MR) is 85.7 cm³/mol. The first-order chi connectivity index (χ1) is 9.82. The van der Waals surface area contributed by atoms with Crippen molar-refractivity contribution < 1.29 is 13.2 Å². The topological polar surface area (TPSA) is 89.3 Å². The lowest BCUT2D eigenvalue weighted by atomic mass is 10.2. The van der Waals surface area contributed by atoms with E-state index < -0.39 is 9.84 Å². The van der Waals surface area contributed by atoms with E-state index in [1.807, 2.05) is 26.0 Å². The fourth-order valence-electron chi connectivity index (χ4n) is 1.99. The molecule has 1 rings (SSSR count). The zero-order valence-corrected chi connectivity index (χ0v) is 13.4. The summed E-state index contributed by atoms with van der Waals surface area (Å²) in [5, 5.41) is 2.75. The molecule has 5 nitrogen and oxygen atoms in total. The molecule has 0 aromatic heterocycles. The number of sulfone groups is 1. The molecular weight excluding hydrogens is 288 g/mol. The largest absolute Gasteiger partial charge is 0.326 e. The molecule has 0 saturated heterocycles. The molecule has 0 fully saturated rings. The average molecular weight is 312 g/mol. The van der Waals surface area contributed by atoms with E-state index in [0.29, 0.717) is 18.7 Å². The second-order valence-corrected chi connectivity index (χ2v) is 7.79. The van der Waals surface area contributed by atoms with Crippen molar-refractivity contribution in [3.8, 4) is 0 Å². The van der Waals surface area contributed by atoms with Crippen molar-refractivity contribution in [2.45, 2.75) is 33.2 Å². The summed E-state index contributed by atoms with van der Waals surface area (Å²) in [6.07, 6.45) is 0.553. The number of nitrogens with one attached hydrogen (secondary N) is 1. The number of benzene rings is 1. The van der Waals surface area contributed by atoms with Gasteiger partial charge in [0, 0.05) is 18.7 Å². The minimum absolute atomic E-state index is 0.0602. The van der Waals surface area contributed by atoms with Crippen LogP contribution < -0.4 is 11.1 Å². The van der Waals surface area contributed by atoms with Gasteiger partial charge in [-0.2, -0.15) is 0 Å². The second-order valence-electron chi connectivity index (χ2n) is 5.56. The van der Waals surface area contributed by atoms with E-state index in [-0.39, 0.29) is 29.8 Å². The van der Waals surface area contributed by atoms with E-state index >= 15 is 0 Å². The minimum atomic E-state index is -3.05. The van der Waals surface area contributed by atoms with Gasteiger partial charge in [-0.1, -0.05) is 26.0 Å². The fourth-order valence-corrected chi connectivity index (χ4v) is 3.76. The molecule has 118 valence electrons. The van der Waals surface area contributed by atoms with Crippen molar-refractivity contribution in [3.63, 3.8) is 0 Å². The van der Waals surface area contributed by atoms with Crippen LogP contribution in [0.25, 0.3) is 0 Å². The van der Waals surface area contributed by atoms with Gasteiger partial charge in [0.05, 0.1) is 11.5 Å². The highest BCUT2D eigenvalue weighted by molar-refractivity contribution is 7.91. The summed E-state index contributed by atoms with van der Waals surface area (Å²) in [6.45, 7) is 4.20. The number of hydrogen-bond donors (Lipinski definition) is 2. The molecule has 0 aliphatic heterocycles. The Morgan fingerprint density at radius 2 is 1.86 bits per heavy atom. The maximum atomic E-state index is 11.7. The highest BCUT2D eigenvalue weighted by Gasteiger charge is 2.13. The third-order valence-corrected chi connectivity index (χ3v) is 5.01. The Labute approximate surface area is 126 Å². The summed E-state index contributed by atoms with van der Waals surface area (Å²) in [5.74, 6) is 0.181. The Kier molecular flexibility index (Phi) is 6.84. The molecule has 0 heterocycles. The molecule has 0 aliphatic rings. The van der Waals surface area contributed by atoms with Crippen molar-refractivity contribution in [1.29, 1.82) is 0 Å². The first-order valence-corrected chi connectivity index (χ1v) is 8.94. The van der Waals surface area contributed by atoms with Crippen LogP contribution in [-0.4, -0.2) is 25.8 Å². The van der Waals surface area contributed by atoms with Gasteiger partial charge >= 0.3 is 0 Å². The van der Waals surface area contributed by atoms with Gasteiger partial charge in [-0.3, -0.25) is 4.79 Å². The summed E-state index contributed by atoms with van der Waals surface area (Å²) in [5.41, 5.74) is 7.19. The third kappa shape index (κ3) is 7.24. The van der Waals surface area contributed by atoms with E-state index in [0.717, 1.165) is 5.56 Å². The molecule has 0 unspecified atom stereocenters. The summed E-state index contributed by atoms with van der Waals surface area (Å²) < 4.78 is 23.4. The average Bonchev–Trinajstić information content (AvgIpc) is 2.37. The number of rotatable bonds is 8. The fraction of sp³-hybridized carbons (Fsp3) is 0.533. The second kappa shape index (κ2) is 8.14. The van der Waals surface area contributed by atoms with Crippen molar-refractivity contribution in [2.24, 2.45) is 11.7 Å². The zero-order chi connectivity index (χ0) is 15.9. The third-order valence-electron chi connectivity index (χ3n) is 2.92. The molecule has 0 radical (unpaired) electrons. The SMILES string of the molecule is CC(C)CS(=O)(=O)CCCC(=O)Nc1ccc(CN)cc1. The number of hydrogen-bond acceptors (Lipinski definition) is 4. The Hall–Kier alpha value is -1.40. The van der Waals surface area contributed by atoms with E-state index in [4.69, 9.17) is 5.73 Å². The molecule has 3 N–H and O–H groups in total. The molecule has 1 aromatic rings. The van der Waals surface area contributed by atoms with E-state index in [1.54, 1.807) is 12.1 Å². The highest BCUT2D eigenvalue weighted by Crippen LogP contribution is 2.10. The molecule has 6 heteroatoms. The smallest absolute Gasteiger partial charge is 0.224 e. The standard InChI is InChI=1S/C15H24N2O3S/c1-12(2)11-21(19,20)9-3-4-15(18)17-14-7-5-13(10-16)6-8-14/h5-8,12H,3-4,9-11,16H2,1-2H3,(H,17,18). The first kappa shape index (κ1) is 17.7. The van der Waals surface area contributed by atoms with Gasteiger partial charge in [0.2, 0.25) is 5.91 Å². The van der Waals surface area contributed by atoms with Gasteiger partial charge in [-0.05, 0) is 30.0 Å². The van der Waals surface area contributed by atoms with Crippen LogP contribution in [0.3, 0.4) is 0 Å². The van der Waals surface area contributed by atoms with Crippen molar-refractivity contribution >= 4 is 21.4 Å². The lowest BCUT2D eigenvalue weighted by Crippen LogP contribution is -2.18. The summed E-state index contributed by atoms with van der Waals surface area (Å²) in [6, 6.07) is 7.27. The number of nitrogens with two attached hydrogens (primary N) is 1. The van der Waals surface area contributed by atoms with Crippen molar-refractivity contribution in [1.82, 2.24) is 0 Å². The van der Waals surface area contributed by atoms with Gasteiger partial charge in [-0.15, -0.1) is 0 Å². The summed E-state index contributed by atoms with van der Waals surface area (Å²) in [4.78, 5) is 11.7. The number of amides is 1. The van der Waals surface area contributed by atoms with Crippen LogP contribution in [0, 0.1) is 5.92 Å². The molecule has 1 amide bonds. The van der Waals surface area contributed by atoms with E-state index in [2.05, 4.69) is 5.32 Å². The molecule has 0 saturated carbocycles. The Morgan fingerprint density at radius 3 is 2.38 bits per heavy atom. The summed E-state index contributed by atoms with van der Waals surface area (Å²) in [7, 11) is -3.05. The zero-order valence-electron chi connectivity index (χ0n) is 12.6. The predicted octanol–water partition coefficient (Wildman–Crippen LogP) is 1.93. The molecule has 0 spiro atoms. The summed E-state index contributed by atoms with van der Waals surface area (Å²) >= 11 is 0. The van der Waals surface area contributed by atoms with Gasteiger partial charge in [0.25, 0.3) is 0 Å². The molecule has 0 atom stereocenters. The van der Waals surface area contributed by atoms with Crippen molar-refractivity contribution in [3.05, 3.63) is 29.8 Å². The maximum Gasteiger partial charge on any atom is 0.224 e. The van der Waals surface area contributed by atoms with Gasteiger partial charge < -0.3 is 11.1 Å². The Bertz CT molecular complexity index is 551. The van der Waals surface area contributed by atoms with Crippen LogP contribution in [-0.2, 0) is 21.2 Å². The van der Waals surface area contributed by atoms with E-state index in [9.17, 15) is 13.2 Å². The van der Waals surface area contributed by atoms with Crippen LogP contribution in [0.15, 0.2) is 24.3 Å². The van der Waals surface area contributed by atoms with E-state index in [1.165, 1.54) is 0 Å². The Morgan fingerprint density at radius 1 is 1.24 bits per heavy atom. The Balaban J connectivity index is 2.37. The molecule has 0 bridgehead atoms. The minimum Gasteiger partial charge on any atom is -0.326 e. The van der Waals surface area contributed by atoms with Gasteiger partial charge in [0.1, 0.15) is 0 Å².